The number of para-hydroxylation sites is 1. The molecule has 24 heavy (non-hydrogen) atoms. The smallest absolute Gasteiger partial charge is 0.320 e. The minimum absolute atomic E-state index is 0.364. The number of carboxylic acid groups (broad SMARTS) is 1. The molecular weight excluding hydrogens is 304 g/mol. The monoisotopic (exact) mass is 326 g/mol. The van der Waals surface area contributed by atoms with Crippen LogP contribution < -0.4 is 0 Å². The van der Waals surface area contributed by atoms with Crippen molar-refractivity contribution in [1.82, 2.24) is 19.7 Å². The molecule has 1 aliphatic heterocycles. The molecule has 2 heterocycles. The number of hydrogen-bond donors (Lipinski definition) is 1. The molecule has 4 rings (SSSR count). The third kappa shape index (κ3) is 2.82. The molecule has 2 aromatic rings. The largest absolute Gasteiger partial charge is 0.480 e. The van der Waals surface area contributed by atoms with Crippen LogP contribution >= 0.6 is 0 Å². The van der Waals surface area contributed by atoms with Gasteiger partial charge in [0.1, 0.15) is 12.4 Å². The summed E-state index contributed by atoms with van der Waals surface area (Å²) in [6.07, 6.45) is 7.12. The van der Waals surface area contributed by atoms with E-state index in [4.69, 9.17) is 0 Å². The standard InChI is InChI=1S/C18H22N4O2/c23-18(24)16-10-13-6-4-5-9-15(13)21(16)11-17-19-12-22(20-17)14-7-2-1-3-8-14/h1-3,7-8,12-13,15-16H,4-6,9-11H2,(H,23,24). The maximum absolute atomic E-state index is 11.7. The minimum Gasteiger partial charge on any atom is -0.480 e. The molecule has 1 saturated heterocycles. The van der Waals surface area contributed by atoms with Crippen LogP contribution in [0.4, 0.5) is 0 Å². The molecular formula is C18H22N4O2. The van der Waals surface area contributed by atoms with Gasteiger partial charge in [0, 0.05) is 6.04 Å². The van der Waals surface area contributed by atoms with Crippen molar-refractivity contribution in [3.8, 4) is 5.69 Å². The van der Waals surface area contributed by atoms with E-state index < -0.39 is 12.0 Å². The van der Waals surface area contributed by atoms with Crippen molar-refractivity contribution in [3.05, 3.63) is 42.5 Å². The zero-order valence-electron chi connectivity index (χ0n) is 13.6. The quantitative estimate of drug-likeness (QED) is 0.934. The van der Waals surface area contributed by atoms with Gasteiger partial charge in [0.15, 0.2) is 5.82 Å². The van der Waals surface area contributed by atoms with E-state index in [1.165, 1.54) is 12.8 Å². The van der Waals surface area contributed by atoms with Crippen LogP contribution in [-0.4, -0.2) is 42.8 Å². The summed E-state index contributed by atoms with van der Waals surface area (Å²) < 4.78 is 1.75. The third-order valence-corrected chi connectivity index (χ3v) is 5.39. The summed E-state index contributed by atoms with van der Waals surface area (Å²) in [7, 11) is 0. The summed E-state index contributed by atoms with van der Waals surface area (Å²) in [5, 5.41) is 14.2. The number of likely N-dealkylation sites (tertiary alicyclic amines) is 1. The molecule has 1 aromatic heterocycles. The van der Waals surface area contributed by atoms with Crippen molar-refractivity contribution < 1.29 is 9.90 Å². The number of rotatable bonds is 4. The summed E-state index contributed by atoms with van der Waals surface area (Å²) in [6.45, 7) is 0.512. The third-order valence-electron chi connectivity index (χ3n) is 5.39. The van der Waals surface area contributed by atoms with Gasteiger partial charge in [-0.1, -0.05) is 31.0 Å². The second-order valence-electron chi connectivity index (χ2n) is 6.81. The fraction of sp³-hybridized carbons (Fsp3) is 0.500. The van der Waals surface area contributed by atoms with Gasteiger partial charge in [0.2, 0.25) is 0 Å². The van der Waals surface area contributed by atoms with E-state index in [-0.39, 0.29) is 0 Å². The summed E-state index contributed by atoms with van der Waals surface area (Å²) in [6, 6.07) is 9.81. The Morgan fingerprint density at radius 1 is 1.21 bits per heavy atom. The summed E-state index contributed by atoms with van der Waals surface area (Å²) in [5.74, 6) is 0.485. The Kier molecular flexibility index (Phi) is 4.06. The number of carbonyl (C=O) groups is 1. The lowest BCUT2D eigenvalue weighted by Gasteiger charge is -2.32. The van der Waals surface area contributed by atoms with E-state index in [1.54, 1.807) is 11.0 Å². The SMILES string of the molecule is O=C(O)C1CC2CCCCC2N1Cc1ncn(-c2ccccc2)n1. The molecule has 2 fully saturated rings. The van der Waals surface area contributed by atoms with Crippen LogP contribution in [0.25, 0.3) is 5.69 Å². The van der Waals surface area contributed by atoms with Crippen molar-refractivity contribution in [1.29, 1.82) is 0 Å². The number of fused-ring (bicyclic) bond motifs is 1. The lowest BCUT2D eigenvalue weighted by molar-refractivity contribution is -0.143. The zero-order valence-corrected chi connectivity index (χ0v) is 13.6. The second kappa shape index (κ2) is 6.36. The van der Waals surface area contributed by atoms with Crippen LogP contribution in [0.15, 0.2) is 36.7 Å². The Hall–Kier alpha value is -2.21. The summed E-state index contributed by atoms with van der Waals surface area (Å²) >= 11 is 0. The predicted octanol–water partition coefficient (Wildman–Crippen LogP) is 2.49. The van der Waals surface area contributed by atoms with Crippen LogP contribution in [0.3, 0.4) is 0 Å². The molecule has 3 atom stereocenters. The van der Waals surface area contributed by atoms with Crippen LogP contribution in [0, 0.1) is 5.92 Å². The number of carboxylic acids is 1. The van der Waals surface area contributed by atoms with E-state index in [0.717, 1.165) is 24.9 Å². The van der Waals surface area contributed by atoms with Crippen LogP contribution in [-0.2, 0) is 11.3 Å². The highest BCUT2D eigenvalue weighted by atomic mass is 16.4. The Labute approximate surface area is 141 Å². The lowest BCUT2D eigenvalue weighted by Crippen LogP contribution is -2.41. The number of aliphatic carboxylic acids is 1. The summed E-state index contributed by atoms with van der Waals surface area (Å²) in [5.41, 5.74) is 0.961. The highest BCUT2D eigenvalue weighted by molar-refractivity contribution is 5.74. The van der Waals surface area contributed by atoms with E-state index in [0.29, 0.717) is 24.3 Å². The van der Waals surface area contributed by atoms with Crippen molar-refractivity contribution in [3.63, 3.8) is 0 Å². The maximum Gasteiger partial charge on any atom is 0.320 e. The molecule has 2 aliphatic rings. The van der Waals surface area contributed by atoms with Crippen molar-refractivity contribution in [2.45, 2.75) is 50.7 Å². The molecule has 6 nitrogen and oxygen atoms in total. The Morgan fingerprint density at radius 2 is 2.00 bits per heavy atom. The first-order valence-corrected chi connectivity index (χ1v) is 8.67. The van der Waals surface area contributed by atoms with Gasteiger partial charge in [-0.3, -0.25) is 9.69 Å². The highest BCUT2D eigenvalue weighted by Crippen LogP contribution is 2.40. The van der Waals surface area contributed by atoms with Gasteiger partial charge in [0.05, 0.1) is 12.2 Å². The van der Waals surface area contributed by atoms with Gasteiger partial charge in [-0.2, -0.15) is 0 Å². The van der Waals surface area contributed by atoms with Gasteiger partial charge < -0.3 is 5.11 Å². The topological polar surface area (TPSA) is 71.2 Å². The second-order valence-corrected chi connectivity index (χ2v) is 6.81. The molecule has 3 unspecified atom stereocenters. The average molecular weight is 326 g/mol. The molecule has 0 bridgehead atoms. The molecule has 0 radical (unpaired) electrons. The highest BCUT2D eigenvalue weighted by Gasteiger charge is 2.45. The molecule has 126 valence electrons. The first-order chi connectivity index (χ1) is 11.7. The van der Waals surface area contributed by atoms with Gasteiger partial charge in [-0.25, -0.2) is 9.67 Å². The van der Waals surface area contributed by atoms with Crippen LogP contribution in [0.1, 0.15) is 37.9 Å². The van der Waals surface area contributed by atoms with E-state index in [9.17, 15) is 9.90 Å². The molecule has 1 aliphatic carbocycles. The van der Waals surface area contributed by atoms with Crippen LogP contribution in [0.2, 0.25) is 0 Å². The first kappa shape index (κ1) is 15.3. The summed E-state index contributed by atoms with van der Waals surface area (Å²) in [4.78, 5) is 18.2. The maximum atomic E-state index is 11.7. The molecule has 0 amide bonds. The molecule has 0 spiro atoms. The van der Waals surface area contributed by atoms with Gasteiger partial charge in [-0.15, -0.1) is 5.10 Å². The number of nitrogens with zero attached hydrogens (tertiary/aromatic N) is 4. The van der Waals surface area contributed by atoms with Gasteiger partial charge in [-0.05, 0) is 37.3 Å². The van der Waals surface area contributed by atoms with Gasteiger partial charge in [0.25, 0.3) is 0 Å². The van der Waals surface area contributed by atoms with Crippen molar-refractivity contribution in [2.24, 2.45) is 5.92 Å². The van der Waals surface area contributed by atoms with Crippen LogP contribution in [0.5, 0.6) is 0 Å². The molecule has 1 aromatic carbocycles. The average Bonchev–Trinajstić information content (AvgIpc) is 3.21. The number of aromatic nitrogens is 3. The molecule has 6 heteroatoms. The predicted molar refractivity (Wildman–Crippen MR) is 88.7 cm³/mol. The number of benzene rings is 1. The van der Waals surface area contributed by atoms with E-state index in [2.05, 4.69) is 15.0 Å². The normalized spacial score (nSPS) is 27.1. The fourth-order valence-electron chi connectivity index (χ4n) is 4.26. The zero-order chi connectivity index (χ0) is 16.5. The first-order valence-electron chi connectivity index (χ1n) is 8.67. The molecule has 1 saturated carbocycles. The lowest BCUT2D eigenvalue weighted by atomic mass is 9.85. The van der Waals surface area contributed by atoms with E-state index in [1.807, 2.05) is 30.3 Å². The fourth-order valence-corrected chi connectivity index (χ4v) is 4.26. The Bertz CT molecular complexity index is 715. The van der Waals surface area contributed by atoms with Gasteiger partial charge >= 0.3 is 5.97 Å². The van der Waals surface area contributed by atoms with Crippen molar-refractivity contribution in [2.75, 3.05) is 0 Å². The molecule has 1 N–H and O–H groups in total. The van der Waals surface area contributed by atoms with E-state index >= 15 is 0 Å². The minimum atomic E-state index is -0.716. The Morgan fingerprint density at radius 3 is 2.79 bits per heavy atom. The van der Waals surface area contributed by atoms with Crippen molar-refractivity contribution >= 4 is 5.97 Å². The Balaban J connectivity index is 1.55. The number of hydrogen-bond acceptors (Lipinski definition) is 4.